The van der Waals surface area contributed by atoms with E-state index in [0.717, 1.165) is 20.3 Å². The molecule has 0 radical (unpaired) electrons. The summed E-state index contributed by atoms with van der Waals surface area (Å²) in [4.78, 5) is 22.8. The number of hydrogen-bond donors (Lipinski definition) is 4. The van der Waals surface area contributed by atoms with E-state index < -0.39 is 0 Å². The molecule has 2 rings (SSSR count). The van der Waals surface area contributed by atoms with Crippen LogP contribution in [-0.2, 0) is 9.59 Å². The van der Waals surface area contributed by atoms with Gasteiger partial charge < -0.3 is 21.3 Å². The number of para-hydroxylation sites is 2. The van der Waals surface area contributed by atoms with Crippen molar-refractivity contribution in [3.8, 4) is 0 Å². The topological polar surface area (TPSA) is 82.3 Å². The van der Waals surface area contributed by atoms with E-state index in [1.165, 1.54) is 0 Å². The molecule has 184 valence electrons. The van der Waals surface area contributed by atoms with Gasteiger partial charge in [0.1, 0.15) is 0 Å². The highest BCUT2D eigenvalue weighted by Gasteiger charge is 2.06. The molecule has 0 fully saturated rings. The molecule has 2 aromatic rings. The summed E-state index contributed by atoms with van der Waals surface area (Å²) >= 11 is 27.8. The SMILES string of the molecule is O=C(CCCCl)NC(=S)Nc1ccccc1Br.O=C(CCCCl)NC(=S)Nc1ccccc1Br. The minimum Gasteiger partial charge on any atom is -0.331 e. The van der Waals surface area contributed by atoms with E-state index in [4.69, 9.17) is 47.6 Å². The Bertz CT molecular complexity index is 906. The molecule has 0 aliphatic heterocycles. The molecule has 0 saturated heterocycles. The number of alkyl halides is 2. The van der Waals surface area contributed by atoms with Gasteiger partial charge in [0.05, 0.1) is 11.4 Å². The Balaban J connectivity index is 0.000000340. The Morgan fingerprint density at radius 1 is 0.706 bits per heavy atom. The second-order valence-electron chi connectivity index (χ2n) is 6.55. The van der Waals surface area contributed by atoms with Crippen LogP contribution in [0.25, 0.3) is 0 Å². The van der Waals surface area contributed by atoms with Crippen LogP contribution < -0.4 is 21.3 Å². The standard InChI is InChI=1S/2C11H12BrClN2OS/c2*12-8-4-1-2-5-9(8)14-11(17)15-10(16)6-3-7-13/h2*1-2,4-5H,3,6-7H2,(H2,14,15,16,17). The minimum atomic E-state index is -0.129. The van der Waals surface area contributed by atoms with Crippen LogP contribution >= 0.6 is 79.5 Å². The predicted molar refractivity (Wildman–Crippen MR) is 157 cm³/mol. The van der Waals surface area contributed by atoms with Crippen LogP contribution in [0.15, 0.2) is 57.5 Å². The molecule has 0 bridgehead atoms. The van der Waals surface area contributed by atoms with E-state index in [1.807, 2.05) is 48.5 Å². The fourth-order valence-electron chi connectivity index (χ4n) is 2.27. The van der Waals surface area contributed by atoms with E-state index in [9.17, 15) is 9.59 Å². The zero-order valence-corrected chi connectivity index (χ0v) is 24.3. The molecule has 0 aromatic heterocycles. The van der Waals surface area contributed by atoms with Gasteiger partial charge in [0.25, 0.3) is 0 Å². The number of anilines is 2. The first-order valence-corrected chi connectivity index (χ1v) is 13.6. The number of amides is 2. The number of rotatable bonds is 8. The van der Waals surface area contributed by atoms with E-state index in [-0.39, 0.29) is 22.0 Å². The lowest BCUT2D eigenvalue weighted by Crippen LogP contribution is -2.34. The Morgan fingerprint density at radius 2 is 1.06 bits per heavy atom. The quantitative estimate of drug-likeness (QED) is 0.188. The number of carbonyl (C=O) groups excluding carboxylic acids is 2. The highest BCUT2D eigenvalue weighted by atomic mass is 79.9. The van der Waals surface area contributed by atoms with Gasteiger partial charge in [-0.2, -0.15) is 0 Å². The second-order valence-corrected chi connectivity index (χ2v) is 9.83. The lowest BCUT2D eigenvalue weighted by molar-refractivity contribution is -0.120. The van der Waals surface area contributed by atoms with Crippen LogP contribution in [0.3, 0.4) is 0 Å². The molecule has 6 nitrogen and oxygen atoms in total. The predicted octanol–water partition coefficient (Wildman–Crippen LogP) is 6.56. The maximum absolute atomic E-state index is 11.4. The molecule has 0 heterocycles. The molecular weight excluding hydrogens is 647 g/mol. The van der Waals surface area contributed by atoms with E-state index >= 15 is 0 Å². The molecule has 0 atom stereocenters. The van der Waals surface area contributed by atoms with Crippen LogP contribution in [0.4, 0.5) is 11.4 Å². The second kappa shape index (κ2) is 18.0. The molecule has 4 N–H and O–H groups in total. The first-order valence-electron chi connectivity index (χ1n) is 10.1. The Kier molecular flexibility index (Phi) is 16.3. The molecule has 0 aliphatic rings. The number of thiocarbonyl (C=S) groups is 2. The summed E-state index contributed by atoms with van der Waals surface area (Å²) < 4.78 is 1.77. The molecule has 0 spiro atoms. The minimum absolute atomic E-state index is 0.129. The maximum Gasteiger partial charge on any atom is 0.226 e. The van der Waals surface area contributed by atoms with Crippen molar-refractivity contribution in [3.05, 3.63) is 57.5 Å². The van der Waals surface area contributed by atoms with Crippen molar-refractivity contribution >= 4 is 113 Å². The Morgan fingerprint density at radius 3 is 1.38 bits per heavy atom. The van der Waals surface area contributed by atoms with Gasteiger partial charge in [-0.15, -0.1) is 23.2 Å². The summed E-state index contributed by atoms with van der Waals surface area (Å²) in [5.74, 6) is 0.681. The average Bonchev–Trinajstić information content (AvgIpc) is 2.79. The maximum atomic E-state index is 11.4. The third-order valence-corrected chi connectivity index (χ3v) is 6.15. The summed E-state index contributed by atoms with van der Waals surface area (Å²) in [6.45, 7) is 0. The van der Waals surface area contributed by atoms with Gasteiger partial charge in [0.15, 0.2) is 10.2 Å². The monoisotopic (exact) mass is 668 g/mol. The summed E-state index contributed by atoms with van der Waals surface area (Å²) in [5, 5.41) is 11.6. The summed E-state index contributed by atoms with van der Waals surface area (Å²) in [5.41, 5.74) is 1.63. The van der Waals surface area contributed by atoms with Crippen LogP contribution in [0.2, 0.25) is 0 Å². The first-order chi connectivity index (χ1) is 16.3. The van der Waals surface area contributed by atoms with Crippen molar-refractivity contribution in [1.82, 2.24) is 10.6 Å². The zero-order chi connectivity index (χ0) is 25.3. The van der Waals surface area contributed by atoms with E-state index in [1.54, 1.807) is 0 Å². The highest BCUT2D eigenvalue weighted by Crippen LogP contribution is 2.21. The zero-order valence-electron chi connectivity index (χ0n) is 18.0. The molecular formula is C22H24Br2Cl2N4O2S2. The van der Waals surface area contributed by atoms with Crippen LogP contribution in [0.1, 0.15) is 25.7 Å². The van der Waals surface area contributed by atoms with Gasteiger partial charge >= 0.3 is 0 Å². The smallest absolute Gasteiger partial charge is 0.226 e. The van der Waals surface area contributed by atoms with Crippen molar-refractivity contribution in [1.29, 1.82) is 0 Å². The van der Waals surface area contributed by atoms with Crippen LogP contribution in [0.5, 0.6) is 0 Å². The fraction of sp³-hybridized carbons (Fsp3) is 0.273. The average molecular weight is 671 g/mol. The lowest BCUT2D eigenvalue weighted by Gasteiger charge is -2.10. The molecule has 2 aromatic carbocycles. The number of carbonyl (C=O) groups is 2. The fourth-order valence-corrected chi connectivity index (χ4v) is 3.75. The van der Waals surface area contributed by atoms with Crippen LogP contribution in [0, 0.1) is 0 Å². The Labute approximate surface area is 237 Å². The summed E-state index contributed by atoms with van der Waals surface area (Å²) in [7, 11) is 0. The van der Waals surface area contributed by atoms with Gasteiger partial charge in [0.2, 0.25) is 11.8 Å². The largest absolute Gasteiger partial charge is 0.331 e. The summed E-state index contributed by atoms with van der Waals surface area (Å²) in [6, 6.07) is 15.1. The van der Waals surface area contributed by atoms with Gasteiger partial charge in [-0.05, 0) is 93.4 Å². The van der Waals surface area contributed by atoms with Gasteiger partial charge in [-0.1, -0.05) is 24.3 Å². The van der Waals surface area contributed by atoms with E-state index in [2.05, 4.69) is 53.1 Å². The number of nitrogens with one attached hydrogen (secondary N) is 4. The molecule has 0 aliphatic carbocycles. The number of halogens is 4. The third-order valence-electron chi connectivity index (χ3n) is 3.82. The molecule has 34 heavy (non-hydrogen) atoms. The van der Waals surface area contributed by atoms with Gasteiger partial charge in [-0.25, -0.2) is 0 Å². The van der Waals surface area contributed by atoms with Crippen molar-refractivity contribution in [2.75, 3.05) is 22.4 Å². The summed E-state index contributed by atoms with van der Waals surface area (Å²) in [6.07, 6.45) is 2.04. The van der Waals surface area contributed by atoms with E-state index in [0.29, 0.717) is 37.4 Å². The molecule has 0 saturated carbocycles. The third kappa shape index (κ3) is 13.6. The normalized spacial score (nSPS) is 9.76. The Hall–Kier alpha value is -1.30. The molecule has 12 heteroatoms. The van der Waals surface area contributed by atoms with Crippen molar-refractivity contribution < 1.29 is 9.59 Å². The van der Waals surface area contributed by atoms with Crippen molar-refractivity contribution in [3.63, 3.8) is 0 Å². The first kappa shape index (κ1) is 30.7. The molecule has 2 amide bonds. The van der Waals surface area contributed by atoms with Crippen LogP contribution in [-0.4, -0.2) is 33.8 Å². The van der Waals surface area contributed by atoms with Gasteiger partial charge in [0, 0.05) is 33.5 Å². The van der Waals surface area contributed by atoms with Gasteiger partial charge in [-0.3, -0.25) is 9.59 Å². The molecule has 0 unspecified atom stereocenters. The lowest BCUT2D eigenvalue weighted by atomic mass is 10.3. The van der Waals surface area contributed by atoms with Crippen molar-refractivity contribution in [2.45, 2.75) is 25.7 Å². The number of hydrogen-bond acceptors (Lipinski definition) is 4. The van der Waals surface area contributed by atoms with Crippen molar-refractivity contribution in [2.24, 2.45) is 0 Å². The number of benzene rings is 2. The highest BCUT2D eigenvalue weighted by molar-refractivity contribution is 9.11.